The lowest BCUT2D eigenvalue weighted by molar-refractivity contribution is 0.450. The molecule has 12 heavy (non-hydrogen) atoms. The molecule has 0 aromatic rings. The number of hydrogen-bond donors (Lipinski definition) is 0. The van der Waals surface area contributed by atoms with Gasteiger partial charge in [-0.2, -0.15) is 0 Å². The van der Waals surface area contributed by atoms with E-state index in [-0.39, 0.29) is 0 Å². The van der Waals surface area contributed by atoms with Crippen LogP contribution in [0, 0.1) is 16.7 Å². The third kappa shape index (κ3) is 1.05. The van der Waals surface area contributed by atoms with E-state index in [9.17, 15) is 0 Å². The maximum atomic E-state index is 4.22. The normalized spacial score (nSPS) is 43.6. The molecule has 2 atom stereocenters. The monoisotopic (exact) mass is 162 g/mol. The summed E-state index contributed by atoms with van der Waals surface area (Å²) in [6.45, 7) is 11.2. The Hall–Kier alpha value is -0.520. The van der Waals surface area contributed by atoms with Gasteiger partial charge in [0.1, 0.15) is 0 Å². The van der Waals surface area contributed by atoms with Crippen molar-refractivity contribution in [1.82, 2.24) is 0 Å². The molecule has 0 nitrogen and oxygen atoms in total. The van der Waals surface area contributed by atoms with Gasteiger partial charge in [-0.05, 0) is 29.6 Å². The zero-order valence-corrected chi connectivity index (χ0v) is 8.35. The average Bonchev–Trinajstić information content (AvgIpc) is 2.58. The molecule has 0 heteroatoms. The third-order valence-corrected chi connectivity index (χ3v) is 3.56. The van der Waals surface area contributed by atoms with E-state index in [1.54, 1.807) is 0 Å². The Labute approximate surface area is 75.4 Å². The Balaban J connectivity index is 2.29. The first-order valence-corrected chi connectivity index (χ1v) is 4.82. The molecule has 0 spiro atoms. The summed E-state index contributed by atoms with van der Waals surface area (Å²) in [4.78, 5) is 0. The molecule has 66 valence electrons. The van der Waals surface area contributed by atoms with Crippen molar-refractivity contribution in [2.24, 2.45) is 16.7 Å². The molecule has 0 radical (unpaired) electrons. The van der Waals surface area contributed by atoms with Crippen LogP contribution in [0.25, 0.3) is 0 Å². The van der Waals surface area contributed by atoms with Gasteiger partial charge in [-0.15, -0.1) is 0 Å². The summed E-state index contributed by atoms with van der Waals surface area (Å²) in [6.07, 6.45) is 7.27. The Kier molecular flexibility index (Phi) is 1.38. The van der Waals surface area contributed by atoms with Gasteiger partial charge in [0.15, 0.2) is 0 Å². The molecule has 0 unspecified atom stereocenters. The Morgan fingerprint density at radius 1 is 1.42 bits per heavy atom. The summed E-state index contributed by atoms with van der Waals surface area (Å²) >= 11 is 0. The second-order valence-corrected chi connectivity index (χ2v) is 5.36. The smallest absolute Gasteiger partial charge is 0.00498 e. The maximum Gasteiger partial charge on any atom is -0.00498 e. The highest BCUT2D eigenvalue weighted by Gasteiger charge is 2.52. The highest BCUT2D eigenvalue weighted by atomic mass is 14.6. The van der Waals surface area contributed by atoms with Crippen LogP contribution in [-0.2, 0) is 0 Å². The lowest BCUT2D eigenvalue weighted by atomic mass is 9.82. The van der Waals surface area contributed by atoms with Crippen molar-refractivity contribution in [2.75, 3.05) is 0 Å². The van der Waals surface area contributed by atoms with Gasteiger partial charge in [-0.3, -0.25) is 0 Å². The predicted molar refractivity (Wildman–Crippen MR) is 52.9 cm³/mol. The van der Waals surface area contributed by atoms with E-state index in [4.69, 9.17) is 0 Å². The second-order valence-electron chi connectivity index (χ2n) is 5.36. The van der Waals surface area contributed by atoms with Gasteiger partial charge in [0.2, 0.25) is 0 Å². The molecule has 0 heterocycles. The molecular weight excluding hydrogens is 144 g/mol. The summed E-state index contributed by atoms with van der Waals surface area (Å²) < 4.78 is 0. The quantitative estimate of drug-likeness (QED) is 0.478. The molecule has 0 amide bonds. The molecule has 2 aliphatic carbocycles. The SMILES string of the molecule is C=C1CC(C)(C)C=C[C@@H]2C[C@]12C. The summed E-state index contributed by atoms with van der Waals surface area (Å²) in [6, 6.07) is 0. The van der Waals surface area contributed by atoms with Crippen LogP contribution < -0.4 is 0 Å². The van der Waals surface area contributed by atoms with E-state index >= 15 is 0 Å². The van der Waals surface area contributed by atoms with Crippen molar-refractivity contribution in [2.45, 2.75) is 33.6 Å². The minimum absolute atomic E-state index is 0.341. The van der Waals surface area contributed by atoms with Crippen LogP contribution in [0.3, 0.4) is 0 Å². The number of fused-ring (bicyclic) bond motifs is 1. The van der Waals surface area contributed by atoms with Gasteiger partial charge in [0.25, 0.3) is 0 Å². The summed E-state index contributed by atoms with van der Waals surface area (Å²) in [7, 11) is 0. The van der Waals surface area contributed by atoms with Crippen LogP contribution in [-0.4, -0.2) is 0 Å². The fraction of sp³-hybridized carbons (Fsp3) is 0.667. The van der Waals surface area contributed by atoms with E-state index in [0.717, 1.165) is 12.3 Å². The number of allylic oxidation sites excluding steroid dienone is 3. The molecular formula is C12H18. The first-order valence-electron chi connectivity index (χ1n) is 4.82. The molecule has 0 bridgehead atoms. The first kappa shape index (κ1) is 8.10. The molecule has 0 saturated heterocycles. The molecule has 0 aromatic carbocycles. The van der Waals surface area contributed by atoms with E-state index in [0.29, 0.717) is 10.8 Å². The van der Waals surface area contributed by atoms with E-state index in [1.165, 1.54) is 12.0 Å². The zero-order valence-electron chi connectivity index (χ0n) is 8.35. The lowest BCUT2D eigenvalue weighted by Crippen LogP contribution is -2.10. The van der Waals surface area contributed by atoms with Gasteiger partial charge >= 0.3 is 0 Å². The molecule has 2 rings (SSSR count). The van der Waals surface area contributed by atoms with Crippen molar-refractivity contribution in [3.63, 3.8) is 0 Å². The summed E-state index contributed by atoms with van der Waals surface area (Å²) in [5.74, 6) is 0.798. The lowest BCUT2D eigenvalue weighted by Gasteiger charge is -2.22. The Morgan fingerprint density at radius 2 is 2.08 bits per heavy atom. The summed E-state index contributed by atoms with van der Waals surface area (Å²) in [5, 5.41) is 0. The fourth-order valence-corrected chi connectivity index (χ4v) is 2.27. The van der Waals surface area contributed by atoms with Gasteiger partial charge in [-0.1, -0.05) is 45.1 Å². The van der Waals surface area contributed by atoms with E-state index in [1.807, 2.05) is 0 Å². The van der Waals surface area contributed by atoms with Crippen LogP contribution in [0.4, 0.5) is 0 Å². The zero-order chi connectivity index (χ0) is 8.98. The van der Waals surface area contributed by atoms with Gasteiger partial charge < -0.3 is 0 Å². The highest BCUT2D eigenvalue weighted by Crippen LogP contribution is 2.61. The molecule has 0 aromatic heterocycles. The highest BCUT2D eigenvalue weighted by molar-refractivity contribution is 5.30. The minimum Gasteiger partial charge on any atom is -0.0993 e. The predicted octanol–water partition coefficient (Wildman–Crippen LogP) is 3.55. The summed E-state index contributed by atoms with van der Waals surface area (Å²) in [5.41, 5.74) is 2.26. The topological polar surface area (TPSA) is 0 Å². The molecule has 2 aliphatic rings. The largest absolute Gasteiger partial charge is 0.0993 e. The minimum atomic E-state index is 0.341. The first-order chi connectivity index (χ1) is 5.44. The molecule has 0 N–H and O–H groups in total. The van der Waals surface area contributed by atoms with E-state index < -0.39 is 0 Å². The standard InChI is InChI=1S/C12H18/c1-9-7-11(2,3)6-5-10-8-12(9,10)4/h5-6,10H,1,7-8H2,2-4H3/t10-,12-/m1/s1. The van der Waals surface area contributed by atoms with Crippen LogP contribution in [0.1, 0.15) is 33.6 Å². The Morgan fingerprint density at radius 3 is 2.75 bits per heavy atom. The van der Waals surface area contributed by atoms with Crippen molar-refractivity contribution in [3.05, 3.63) is 24.3 Å². The Bertz CT molecular complexity index is 257. The van der Waals surface area contributed by atoms with Crippen molar-refractivity contribution in [1.29, 1.82) is 0 Å². The number of hydrogen-bond acceptors (Lipinski definition) is 0. The van der Waals surface area contributed by atoms with Crippen LogP contribution in [0.15, 0.2) is 24.3 Å². The van der Waals surface area contributed by atoms with Crippen molar-refractivity contribution >= 4 is 0 Å². The average molecular weight is 162 g/mol. The molecule has 1 fully saturated rings. The van der Waals surface area contributed by atoms with Crippen LogP contribution >= 0.6 is 0 Å². The molecule has 0 aliphatic heterocycles. The van der Waals surface area contributed by atoms with Gasteiger partial charge in [-0.25, -0.2) is 0 Å². The third-order valence-electron chi connectivity index (χ3n) is 3.56. The second kappa shape index (κ2) is 2.04. The fourth-order valence-electron chi connectivity index (χ4n) is 2.27. The van der Waals surface area contributed by atoms with Crippen LogP contribution in [0.5, 0.6) is 0 Å². The molecule has 1 saturated carbocycles. The van der Waals surface area contributed by atoms with Crippen molar-refractivity contribution in [3.8, 4) is 0 Å². The van der Waals surface area contributed by atoms with Crippen molar-refractivity contribution < 1.29 is 0 Å². The van der Waals surface area contributed by atoms with Gasteiger partial charge in [0, 0.05) is 0 Å². The number of rotatable bonds is 0. The van der Waals surface area contributed by atoms with Gasteiger partial charge in [0.05, 0.1) is 0 Å². The van der Waals surface area contributed by atoms with E-state index in [2.05, 4.69) is 39.5 Å². The van der Waals surface area contributed by atoms with Crippen LogP contribution in [0.2, 0.25) is 0 Å². The maximum absolute atomic E-state index is 4.22.